The number of hydrogen-bond acceptors (Lipinski definition) is 4. The third-order valence-electron chi connectivity index (χ3n) is 4.90. The van der Waals surface area contributed by atoms with Gasteiger partial charge in [-0.25, -0.2) is 9.97 Å². The quantitative estimate of drug-likeness (QED) is 0.439. The molecule has 1 aromatic heterocycles. The molecule has 8 heteroatoms. The van der Waals surface area contributed by atoms with Crippen LogP contribution in [0.15, 0.2) is 53.6 Å². The standard InChI is InChI=1S/C21H18F3N3OS/c1-12-11-14-7-3-6-10-17(14)27(12)19(28)13(2)29-18-15-8-4-5-9-16(15)25-20(26-18)21(22,23)24/h3-10,12-13H,11H2,1-2H3/t12-,13+/m1/s1. The summed E-state index contributed by atoms with van der Waals surface area (Å²) in [5.41, 5.74) is 2.16. The van der Waals surface area contributed by atoms with Crippen molar-refractivity contribution in [1.82, 2.24) is 9.97 Å². The molecule has 0 saturated heterocycles. The van der Waals surface area contributed by atoms with Crippen LogP contribution in [-0.4, -0.2) is 27.2 Å². The Bertz CT molecular complexity index is 1090. The molecule has 4 rings (SSSR count). The van der Waals surface area contributed by atoms with E-state index in [0.717, 1.165) is 29.4 Å². The maximum atomic E-state index is 13.2. The molecule has 2 atom stereocenters. The predicted molar refractivity (Wildman–Crippen MR) is 107 cm³/mol. The minimum Gasteiger partial charge on any atom is -0.308 e. The number of hydrogen-bond donors (Lipinski definition) is 0. The lowest BCUT2D eigenvalue weighted by Crippen LogP contribution is -2.40. The Morgan fingerprint density at radius 2 is 1.83 bits per heavy atom. The number of alkyl halides is 3. The van der Waals surface area contributed by atoms with Gasteiger partial charge in [0.2, 0.25) is 11.7 Å². The number of benzene rings is 2. The maximum Gasteiger partial charge on any atom is 0.451 e. The summed E-state index contributed by atoms with van der Waals surface area (Å²) >= 11 is 1.03. The fraction of sp³-hybridized carbons (Fsp3) is 0.286. The molecule has 0 bridgehead atoms. The van der Waals surface area contributed by atoms with Crippen molar-refractivity contribution in [1.29, 1.82) is 0 Å². The van der Waals surface area contributed by atoms with E-state index in [0.29, 0.717) is 5.39 Å². The van der Waals surface area contributed by atoms with E-state index in [-0.39, 0.29) is 22.5 Å². The highest BCUT2D eigenvalue weighted by Crippen LogP contribution is 2.37. The van der Waals surface area contributed by atoms with Crippen LogP contribution in [0, 0.1) is 0 Å². The molecule has 0 fully saturated rings. The summed E-state index contributed by atoms with van der Waals surface area (Å²) in [7, 11) is 0. The molecule has 2 aromatic carbocycles. The van der Waals surface area contributed by atoms with Crippen LogP contribution in [0.25, 0.3) is 10.9 Å². The lowest BCUT2D eigenvalue weighted by molar-refractivity contribution is -0.145. The second kappa shape index (κ2) is 7.33. The minimum atomic E-state index is -4.66. The van der Waals surface area contributed by atoms with Gasteiger partial charge in [-0.3, -0.25) is 4.79 Å². The van der Waals surface area contributed by atoms with Gasteiger partial charge in [-0.1, -0.05) is 48.2 Å². The molecular weight excluding hydrogens is 399 g/mol. The molecule has 4 nitrogen and oxygen atoms in total. The number of carbonyl (C=O) groups excluding carboxylic acids is 1. The lowest BCUT2D eigenvalue weighted by atomic mass is 10.1. The first kappa shape index (κ1) is 19.7. The van der Waals surface area contributed by atoms with Gasteiger partial charge in [-0.05, 0) is 38.0 Å². The van der Waals surface area contributed by atoms with Crippen molar-refractivity contribution in [2.75, 3.05) is 4.90 Å². The average Bonchev–Trinajstić information content (AvgIpc) is 3.02. The van der Waals surface area contributed by atoms with E-state index < -0.39 is 17.3 Å². The molecule has 29 heavy (non-hydrogen) atoms. The normalized spacial score (nSPS) is 17.4. The number of anilines is 1. The van der Waals surface area contributed by atoms with Gasteiger partial charge in [0.15, 0.2) is 0 Å². The number of aromatic nitrogens is 2. The average molecular weight is 417 g/mol. The molecular formula is C21H18F3N3OS. The first-order valence-corrected chi connectivity index (χ1v) is 10.1. The third-order valence-corrected chi connectivity index (χ3v) is 5.99. The van der Waals surface area contributed by atoms with Gasteiger partial charge in [0.1, 0.15) is 5.03 Å². The zero-order valence-corrected chi connectivity index (χ0v) is 16.6. The number of rotatable bonds is 3. The van der Waals surface area contributed by atoms with E-state index >= 15 is 0 Å². The molecule has 1 amide bonds. The number of amides is 1. The van der Waals surface area contributed by atoms with Gasteiger partial charge in [0.05, 0.1) is 10.8 Å². The number of nitrogens with zero attached hydrogens (tertiary/aromatic N) is 3. The van der Waals surface area contributed by atoms with Crippen LogP contribution in [0.4, 0.5) is 18.9 Å². The molecule has 0 N–H and O–H groups in total. The highest BCUT2D eigenvalue weighted by molar-refractivity contribution is 8.00. The van der Waals surface area contributed by atoms with Crippen LogP contribution < -0.4 is 4.90 Å². The summed E-state index contributed by atoms with van der Waals surface area (Å²) in [6, 6.07) is 14.2. The largest absolute Gasteiger partial charge is 0.451 e. The molecule has 3 aromatic rings. The monoisotopic (exact) mass is 417 g/mol. The zero-order chi connectivity index (χ0) is 20.8. The Morgan fingerprint density at radius 3 is 2.59 bits per heavy atom. The fourth-order valence-corrected chi connectivity index (χ4v) is 4.57. The smallest absolute Gasteiger partial charge is 0.308 e. The molecule has 1 aliphatic heterocycles. The first-order valence-electron chi connectivity index (χ1n) is 9.17. The van der Waals surface area contributed by atoms with Gasteiger partial charge in [-0.2, -0.15) is 13.2 Å². The van der Waals surface area contributed by atoms with Crippen LogP contribution in [0.2, 0.25) is 0 Å². The van der Waals surface area contributed by atoms with Crippen LogP contribution in [0.1, 0.15) is 25.2 Å². The second-order valence-electron chi connectivity index (χ2n) is 7.02. The van der Waals surface area contributed by atoms with Crippen LogP contribution in [-0.2, 0) is 17.4 Å². The topological polar surface area (TPSA) is 46.1 Å². The molecule has 0 unspecified atom stereocenters. The second-order valence-corrected chi connectivity index (χ2v) is 8.35. The van der Waals surface area contributed by atoms with Crippen molar-refractivity contribution < 1.29 is 18.0 Å². The van der Waals surface area contributed by atoms with E-state index in [4.69, 9.17) is 0 Å². The van der Waals surface area contributed by atoms with E-state index in [1.165, 1.54) is 6.07 Å². The van der Waals surface area contributed by atoms with E-state index in [1.807, 2.05) is 31.2 Å². The Labute approximate surface area is 170 Å². The van der Waals surface area contributed by atoms with Gasteiger partial charge >= 0.3 is 6.18 Å². The van der Waals surface area contributed by atoms with Crippen LogP contribution >= 0.6 is 11.8 Å². The number of halogens is 3. The molecule has 0 radical (unpaired) electrons. The van der Waals surface area contributed by atoms with Crippen molar-refractivity contribution in [2.45, 2.75) is 42.8 Å². The lowest BCUT2D eigenvalue weighted by Gasteiger charge is -2.26. The van der Waals surface area contributed by atoms with Gasteiger partial charge in [-0.15, -0.1) is 0 Å². The van der Waals surface area contributed by atoms with Gasteiger partial charge in [0, 0.05) is 17.1 Å². The minimum absolute atomic E-state index is 0.00386. The molecule has 0 spiro atoms. The summed E-state index contributed by atoms with van der Waals surface area (Å²) in [5, 5.41) is 0.0481. The summed E-state index contributed by atoms with van der Waals surface area (Å²) < 4.78 is 39.7. The summed E-state index contributed by atoms with van der Waals surface area (Å²) in [5.74, 6) is -1.35. The molecule has 0 saturated carbocycles. The van der Waals surface area contributed by atoms with Crippen LogP contribution in [0.5, 0.6) is 0 Å². The summed E-state index contributed by atoms with van der Waals surface area (Å²) in [6.45, 7) is 3.67. The van der Waals surface area contributed by atoms with E-state index in [9.17, 15) is 18.0 Å². The number of para-hydroxylation sites is 2. The van der Waals surface area contributed by atoms with Crippen molar-refractivity contribution >= 4 is 34.3 Å². The van der Waals surface area contributed by atoms with E-state index in [1.54, 1.807) is 30.0 Å². The van der Waals surface area contributed by atoms with Gasteiger partial charge in [0.25, 0.3) is 0 Å². The van der Waals surface area contributed by atoms with Crippen LogP contribution in [0.3, 0.4) is 0 Å². The third kappa shape index (κ3) is 3.69. The van der Waals surface area contributed by atoms with Crippen molar-refractivity contribution in [3.05, 3.63) is 59.9 Å². The summed E-state index contributed by atoms with van der Waals surface area (Å²) in [4.78, 5) is 22.3. The highest BCUT2D eigenvalue weighted by atomic mass is 32.2. The molecule has 1 aliphatic rings. The zero-order valence-electron chi connectivity index (χ0n) is 15.8. The highest BCUT2D eigenvalue weighted by Gasteiger charge is 2.37. The maximum absolute atomic E-state index is 13.2. The van der Waals surface area contributed by atoms with Gasteiger partial charge < -0.3 is 4.90 Å². The van der Waals surface area contributed by atoms with Crippen molar-refractivity contribution in [2.24, 2.45) is 0 Å². The number of thioether (sulfide) groups is 1. The number of fused-ring (bicyclic) bond motifs is 2. The van der Waals surface area contributed by atoms with Crippen molar-refractivity contribution in [3.8, 4) is 0 Å². The Kier molecular flexibility index (Phi) is 4.98. The Morgan fingerprint density at radius 1 is 1.14 bits per heavy atom. The molecule has 150 valence electrons. The molecule has 0 aliphatic carbocycles. The Hall–Kier alpha value is -2.61. The Balaban J connectivity index is 1.67. The molecule has 2 heterocycles. The first-order chi connectivity index (χ1) is 13.8. The fourth-order valence-electron chi connectivity index (χ4n) is 3.58. The van der Waals surface area contributed by atoms with Crippen molar-refractivity contribution in [3.63, 3.8) is 0 Å². The number of carbonyl (C=O) groups is 1. The SMILES string of the molecule is C[C@H](Sc1nc(C(F)(F)F)nc2ccccc12)C(=O)N1c2ccccc2C[C@H]1C. The summed E-state index contributed by atoms with van der Waals surface area (Å²) in [6.07, 6.45) is -3.90. The van der Waals surface area contributed by atoms with E-state index in [2.05, 4.69) is 9.97 Å². The predicted octanol–water partition coefficient (Wildman–Crippen LogP) is 5.11.